The number of anilines is 2. The number of aliphatic hydroxyl groups is 1. The van der Waals surface area contributed by atoms with Crippen molar-refractivity contribution in [3.8, 4) is 0 Å². The normalized spacial score (nSPS) is 18.1. The Morgan fingerprint density at radius 1 is 1.38 bits per heavy atom. The number of H-pyrrole nitrogens is 1. The van der Waals surface area contributed by atoms with Crippen molar-refractivity contribution in [3.63, 3.8) is 0 Å². The third-order valence-corrected chi connectivity index (χ3v) is 3.96. The highest BCUT2D eigenvalue weighted by Crippen LogP contribution is 2.29. The summed E-state index contributed by atoms with van der Waals surface area (Å²) in [4.78, 5) is 11.3. The average Bonchev–Trinajstić information content (AvgIpc) is 2.92. The Kier molecular flexibility index (Phi) is 3.67. The molecule has 0 unspecified atom stereocenters. The zero-order valence-corrected chi connectivity index (χ0v) is 12.6. The fourth-order valence-electron chi connectivity index (χ4n) is 2.58. The van der Waals surface area contributed by atoms with Gasteiger partial charge in [-0.25, -0.2) is 0 Å². The lowest BCUT2D eigenvalue weighted by Gasteiger charge is -2.36. The number of aromatic amines is 1. The van der Waals surface area contributed by atoms with Crippen LogP contribution in [0.3, 0.4) is 0 Å². The number of piperidine rings is 1. The lowest BCUT2D eigenvalue weighted by Crippen LogP contribution is -2.42. The molecule has 7 heteroatoms. The zero-order valence-electron chi connectivity index (χ0n) is 12.6. The molecule has 21 heavy (non-hydrogen) atoms. The van der Waals surface area contributed by atoms with E-state index in [9.17, 15) is 5.11 Å². The van der Waals surface area contributed by atoms with Crippen molar-refractivity contribution in [2.75, 3.05) is 29.9 Å². The second kappa shape index (κ2) is 5.48. The molecule has 114 valence electrons. The molecule has 1 aliphatic rings. The highest BCUT2D eigenvalue weighted by Gasteiger charge is 2.29. The maximum Gasteiger partial charge on any atom is 0.226 e. The number of aromatic nitrogens is 4. The summed E-state index contributed by atoms with van der Waals surface area (Å²) in [5.74, 6) is 1.52. The van der Waals surface area contributed by atoms with Gasteiger partial charge in [0.15, 0.2) is 5.65 Å². The maximum absolute atomic E-state index is 10.1. The van der Waals surface area contributed by atoms with Gasteiger partial charge in [0.25, 0.3) is 0 Å². The first-order valence-electron chi connectivity index (χ1n) is 7.51. The molecular weight excluding hydrogens is 268 g/mol. The predicted octanol–water partition coefficient (Wildman–Crippen LogP) is 1.53. The Labute approximate surface area is 123 Å². The minimum atomic E-state index is -0.567. The van der Waals surface area contributed by atoms with Crippen LogP contribution in [0.5, 0.6) is 0 Å². The van der Waals surface area contributed by atoms with E-state index in [2.05, 4.69) is 37.3 Å². The van der Waals surface area contributed by atoms with E-state index in [0.29, 0.717) is 5.95 Å². The lowest BCUT2D eigenvalue weighted by atomic mass is 9.94. The van der Waals surface area contributed by atoms with Gasteiger partial charge in [0.2, 0.25) is 5.95 Å². The van der Waals surface area contributed by atoms with Crippen LogP contribution in [0.4, 0.5) is 11.8 Å². The topological polar surface area (TPSA) is 90.0 Å². The van der Waals surface area contributed by atoms with Crippen molar-refractivity contribution >= 4 is 22.8 Å². The van der Waals surface area contributed by atoms with Crippen LogP contribution in [-0.4, -0.2) is 50.5 Å². The first kappa shape index (κ1) is 14.1. The number of hydrogen-bond acceptors (Lipinski definition) is 6. The fourth-order valence-corrected chi connectivity index (χ4v) is 2.58. The molecular formula is C14H22N6O. The number of hydrogen-bond donors (Lipinski definition) is 3. The van der Waals surface area contributed by atoms with Gasteiger partial charge in [0.1, 0.15) is 5.82 Å². The molecule has 1 fully saturated rings. The van der Waals surface area contributed by atoms with Gasteiger partial charge in [-0.2, -0.15) is 15.1 Å². The Morgan fingerprint density at radius 3 is 2.86 bits per heavy atom. The highest BCUT2D eigenvalue weighted by atomic mass is 16.3. The van der Waals surface area contributed by atoms with Crippen molar-refractivity contribution in [1.29, 1.82) is 0 Å². The van der Waals surface area contributed by atoms with Gasteiger partial charge in [-0.3, -0.25) is 5.10 Å². The summed E-state index contributed by atoms with van der Waals surface area (Å²) in [6.45, 7) is 6.42. The van der Waals surface area contributed by atoms with Crippen molar-refractivity contribution in [1.82, 2.24) is 20.2 Å². The quantitative estimate of drug-likeness (QED) is 0.791. The van der Waals surface area contributed by atoms with Gasteiger partial charge in [0, 0.05) is 19.6 Å². The molecule has 0 atom stereocenters. The summed E-state index contributed by atoms with van der Waals surface area (Å²) in [5.41, 5.74) is 0.179. The Balaban J connectivity index is 1.91. The van der Waals surface area contributed by atoms with E-state index in [-0.39, 0.29) is 0 Å². The van der Waals surface area contributed by atoms with Crippen molar-refractivity contribution < 1.29 is 5.11 Å². The Hall–Kier alpha value is -1.89. The summed E-state index contributed by atoms with van der Waals surface area (Å²) in [7, 11) is 0. The standard InChI is InChI=1S/C14H22N6O/c1-3-6-15-13-17-11-10(9-16-19-11)12(18-13)20-7-4-14(2,21)5-8-20/h9,21H,3-8H2,1-2H3,(H2,15,16,17,18,19). The van der Waals surface area contributed by atoms with Crippen molar-refractivity contribution in [3.05, 3.63) is 6.20 Å². The fraction of sp³-hybridized carbons (Fsp3) is 0.643. The van der Waals surface area contributed by atoms with Gasteiger partial charge in [-0.1, -0.05) is 6.92 Å². The SMILES string of the molecule is CCCNc1nc(N2CCC(C)(O)CC2)c2cn[nH]c2n1. The van der Waals surface area contributed by atoms with E-state index < -0.39 is 5.60 Å². The third-order valence-electron chi connectivity index (χ3n) is 3.96. The molecule has 1 saturated heterocycles. The van der Waals surface area contributed by atoms with Crippen LogP contribution in [0.15, 0.2) is 6.20 Å². The van der Waals surface area contributed by atoms with Gasteiger partial charge in [-0.15, -0.1) is 0 Å². The van der Waals surface area contributed by atoms with Crippen LogP contribution in [0, 0.1) is 0 Å². The smallest absolute Gasteiger partial charge is 0.226 e. The molecule has 0 radical (unpaired) electrons. The predicted molar refractivity (Wildman–Crippen MR) is 82.5 cm³/mol. The van der Waals surface area contributed by atoms with E-state index in [1.807, 2.05) is 6.92 Å². The van der Waals surface area contributed by atoms with Gasteiger partial charge in [-0.05, 0) is 26.2 Å². The molecule has 0 aliphatic carbocycles. The zero-order chi connectivity index (χ0) is 14.9. The summed E-state index contributed by atoms with van der Waals surface area (Å²) in [6.07, 6.45) is 4.27. The first-order chi connectivity index (χ1) is 10.1. The minimum Gasteiger partial charge on any atom is -0.390 e. The number of nitrogens with one attached hydrogen (secondary N) is 2. The van der Waals surface area contributed by atoms with E-state index in [0.717, 1.165) is 55.7 Å². The summed E-state index contributed by atoms with van der Waals surface area (Å²) < 4.78 is 0. The van der Waals surface area contributed by atoms with E-state index in [1.165, 1.54) is 0 Å². The average molecular weight is 290 g/mol. The van der Waals surface area contributed by atoms with Gasteiger partial charge >= 0.3 is 0 Å². The molecule has 2 aromatic rings. The molecule has 3 heterocycles. The lowest BCUT2D eigenvalue weighted by molar-refractivity contribution is 0.0350. The van der Waals surface area contributed by atoms with Crippen LogP contribution in [-0.2, 0) is 0 Å². The molecule has 2 aromatic heterocycles. The van der Waals surface area contributed by atoms with Crippen LogP contribution in [0.1, 0.15) is 33.1 Å². The second-order valence-corrected chi connectivity index (χ2v) is 5.91. The second-order valence-electron chi connectivity index (χ2n) is 5.91. The molecule has 0 saturated carbocycles. The van der Waals surface area contributed by atoms with E-state index >= 15 is 0 Å². The molecule has 0 amide bonds. The van der Waals surface area contributed by atoms with Gasteiger partial charge in [0.05, 0.1) is 17.2 Å². The Morgan fingerprint density at radius 2 is 2.14 bits per heavy atom. The number of nitrogens with zero attached hydrogens (tertiary/aromatic N) is 4. The maximum atomic E-state index is 10.1. The monoisotopic (exact) mass is 290 g/mol. The molecule has 3 N–H and O–H groups in total. The minimum absolute atomic E-state index is 0.567. The van der Waals surface area contributed by atoms with E-state index in [4.69, 9.17) is 0 Å². The van der Waals surface area contributed by atoms with Gasteiger partial charge < -0.3 is 15.3 Å². The van der Waals surface area contributed by atoms with Crippen molar-refractivity contribution in [2.24, 2.45) is 0 Å². The molecule has 1 aliphatic heterocycles. The largest absolute Gasteiger partial charge is 0.390 e. The van der Waals surface area contributed by atoms with Crippen LogP contribution < -0.4 is 10.2 Å². The number of fused-ring (bicyclic) bond motifs is 1. The van der Waals surface area contributed by atoms with E-state index in [1.54, 1.807) is 6.20 Å². The summed E-state index contributed by atoms with van der Waals surface area (Å²) in [6, 6.07) is 0. The molecule has 0 aromatic carbocycles. The molecule has 3 rings (SSSR count). The third kappa shape index (κ3) is 2.92. The van der Waals surface area contributed by atoms with Crippen LogP contribution in [0.2, 0.25) is 0 Å². The molecule has 0 bridgehead atoms. The molecule has 0 spiro atoms. The van der Waals surface area contributed by atoms with Crippen molar-refractivity contribution in [2.45, 2.75) is 38.7 Å². The van der Waals surface area contributed by atoms with Crippen LogP contribution in [0.25, 0.3) is 11.0 Å². The summed E-state index contributed by atoms with van der Waals surface area (Å²) >= 11 is 0. The summed E-state index contributed by atoms with van der Waals surface area (Å²) in [5, 5.41) is 21.2. The van der Waals surface area contributed by atoms with Crippen LogP contribution >= 0.6 is 0 Å². The molecule has 7 nitrogen and oxygen atoms in total. The number of rotatable bonds is 4. The highest BCUT2D eigenvalue weighted by molar-refractivity contribution is 5.87. The Bertz CT molecular complexity index is 613. The first-order valence-corrected chi connectivity index (χ1v) is 7.51.